The fourth-order valence-electron chi connectivity index (χ4n) is 0.914. The lowest BCUT2D eigenvalue weighted by molar-refractivity contribution is -0.104. The third kappa shape index (κ3) is 2.43. The number of allylic oxidation sites excluding steroid dienone is 1. The zero-order valence-corrected chi connectivity index (χ0v) is 7.45. The lowest BCUT2D eigenvalue weighted by Gasteiger charge is -1.96. The van der Waals surface area contributed by atoms with Crippen molar-refractivity contribution in [3.63, 3.8) is 0 Å². The van der Waals surface area contributed by atoms with Crippen LogP contribution >= 0.6 is 11.6 Å². The lowest BCUT2D eigenvalue weighted by Crippen LogP contribution is -1.81. The number of rotatable bonds is 2. The van der Waals surface area contributed by atoms with E-state index in [1.54, 1.807) is 24.3 Å². The Labute approximate surface area is 81.1 Å². The third-order valence-electron chi connectivity index (χ3n) is 1.49. The molecule has 1 aromatic carbocycles. The van der Waals surface area contributed by atoms with E-state index in [9.17, 15) is 4.79 Å². The summed E-state index contributed by atoms with van der Waals surface area (Å²) >= 11 is 5.68. The number of nitrogens with zero attached hydrogens (tertiary/aromatic N) is 1. The maximum atomic E-state index is 10.0. The van der Waals surface area contributed by atoms with Gasteiger partial charge in [0.2, 0.25) is 0 Å². The Hall–Kier alpha value is -1.59. The van der Waals surface area contributed by atoms with Crippen LogP contribution in [0.5, 0.6) is 0 Å². The minimum atomic E-state index is 0.464. The quantitative estimate of drug-likeness (QED) is 0.532. The molecule has 0 fully saturated rings. The maximum absolute atomic E-state index is 10.0. The molecule has 0 unspecified atom stereocenters. The molecule has 0 amide bonds. The van der Waals surface area contributed by atoms with Crippen LogP contribution in [0.4, 0.5) is 0 Å². The molecule has 13 heavy (non-hydrogen) atoms. The first-order chi connectivity index (χ1) is 6.27. The molecule has 1 aromatic rings. The monoisotopic (exact) mass is 191 g/mol. The van der Waals surface area contributed by atoms with Gasteiger partial charge in [0.1, 0.15) is 6.29 Å². The Morgan fingerprint density at radius 3 is 2.85 bits per heavy atom. The van der Waals surface area contributed by atoms with Crippen molar-refractivity contribution in [3.05, 3.63) is 40.4 Å². The van der Waals surface area contributed by atoms with Gasteiger partial charge in [0.05, 0.1) is 11.6 Å². The van der Waals surface area contributed by atoms with Crippen LogP contribution < -0.4 is 0 Å². The summed E-state index contributed by atoms with van der Waals surface area (Å²) in [5, 5.41) is 9.23. The van der Waals surface area contributed by atoms with E-state index in [2.05, 4.69) is 0 Å². The van der Waals surface area contributed by atoms with Crippen molar-refractivity contribution in [1.82, 2.24) is 0 Å². The minimum Gasteiger partial charge on any atom is -0.299 e. The van der Waals surface area contributed by atoms with Gasteiger partial charge in [-0.1, -0.05) is 23.7 Å². The lowest BCUT2D eigenvalue weighted by atomic mass is 10.1. The summed E-state index contributed by atoms with van der Waals surface area (Å²) in [4.78, 5) is 10.0. The van der Waals surface area contributed by atoms with Gasteiger partial charge in [-0.15, -0.1) is 0 Å². The average Bonchev–Trinajstić information content (AvgIpc) is 2.16. The first kappa shape index (κ1) is 9.50. The molecular formula is C10H6ClNO. The number of carbonyl (C=O) groups excluding carboxylic acids is 1. The summed E-state index contributed by atoms with van der Waals surface area (Å²) in [5.74, 6) is 0. The van der Waals surface area contributed by atoms with Crippen molar-refractivity contribution in [2.75, 3.05) is 0 Å². The summed E-state index contributed by atoms with van der Waals surface area (Å²) in [7, 11) is 0. The maximum Gasteiger partial charge on any atom is 0.142 e. The second-order valence-corrected chi connectivity index (χ2v) is 2.78. The smallest absolute Gasteiger partial charge is 0.142 e. The van der Waals surface area contributed by atoms with Gasteiger partial charge in [-0.3, -0.25) is 4.79 Å². The molecule has 2 nitrogen and oxygen atoms in total. The molecule has 0 saturated heterocycles. The second-order valence-electron chi connectivity index (χ2n) is 2.34. The summed E-state index contributed by atoms with van der Waals surface area (Å²) < 4.78 is 0. The standard InChI is InChI=1S/C10H6ClNO/c11-10-4-3-8(2-1-5-13)9(6-10)7-12/h1-6H. The Balaban J connectivity index is 3.15. The average molecular weight is 192 g/mol. The van der Waals surface area contributed by atoms with Crippen molar-refractivity contribution >= 4 is 24.0 Å². The van der Waals surface area contributed by atoms with Crippen LogP contribution in [0.2, 0.25) is 5.02 Å². The highest BCUT2D eigenvalue weighted by Gasteiger charge is 1.98. The first-order valence-electron chi connectivity index (χ1n) is 3.59. The van der Waals surface area contributed by atoms with Crippen LogP contribution in [0.25, 0.3) is 6.08 Å². The fourth-order valence-corrected chi connectivity index (χ4v) is 1.09. The molecular weight excluding hydrogens is 186 g/mol. The van der Waals surface area contributed by atoms with E-state index in [-0.39, 0.29) is 0 Å². The SMILES string of the molecule is N#Cc1cc(Cl)ccc1C=CC=O. The van der Waals surface area contributed by atoms with Gasteiger partial charge in [0, 0.05) is 5.02 Å². The molecule has 0 N–H and O–H groups in total. The molecule has 0 radical (unpaired) electrons. The number of hydrogen-bond acceptors (Lipinski definition) is 2. The van der Waals surface area contributed by atoms with Gasteiger partial charge in [0.25, 0.3) is 0 Å². The van der Waals surface area contributed by atoms with Crippen molar-refractivity contribution in [2.24, 2.45) is 0 Å². The highest BCUT2D eigenvalue weighted by Crippen LogP contribution is 2.16. The first-order valence-corrected chi connectivity index (χ1v) is 3.97. The number of carbonyl (C=O) groups is 1. The molecule has 0 aromatic heterocycles. The largest absolute Gasteiger partial charge is 0.299 e. The Morgan fingerprint density at radius 2 is 2.23 bits per heavy atom. The molecule has 0 atom stereocenters. The van der Waals surface area contributed by atoms with E-state index in [0.717, 1.165) is 0 Å². The van der Waals surface area contributed by atoms with Gasteiger partial charge in [-0.2, -0.15) is 5.26 Å². The second kappa shape index (κ2) is 4.44. The molecule has 0 aliphatic rings. The van der Waals surface area contributed by atoms with Crippen LogP contribution in [0, 0.1) is 11.3 Å². The molecule has 0 bridgehead atoms. The van der Waals surface area contributed by atoms with E-state index in [4.69, 9.17) is 16.9 Å². The van der Waals surface area contributed by atoms with Crippen molar-refractivity contribution < 1.29 is 4.79 Å². The predicted molar refractivity (Wildman–Crippen MR) is 51.3 cm³/mol. The molecule has 0 aliphatic carbocycles. The van der Waals surface area contributed by atoms with Crippen LogP contribution in [0.15, 0.2) is 24.3 Å². The number of nitriles is 1. The summed E-state index contributed by atoms with van der Waals surface area (Å²) in [5.41, 5.74) is 1.16. The van der Waals surface area contributed by atoms with Crippen LogP contribution in [-0.4, -0.2) is 6.29 Å². The van der Waals surface area contributed by atoms with Gasteiger partial charge in [-0.25, -0.2) is 0 Å². The van der Waals surface area contributed by atoms with Gasteiger partial charge in [-0.05, 0) is 23.8 Å². The molecule has 64 valence electrons. The topological polar surface area (TPSA) is 40.9 Å². The summed E-state index contributed by atoms with van der Waals surface area (Å²) in [6.07, 6.45) is 3.57. The zero-order valence-electron chi connectivity index (χ0n) is 6.70. The van der Waals surface area contributed by atoms with E-state index >= 15 is 0 Å². The number of aldehydes is 1. The normalized spacial score (nSPS) is 9.85. The van der Waals surface area contributed by atoms with Crippen LogP contribution in [-0.2, 0) is 4.79 Å². The molecule has 0 spiro atoms. The van der Waals surface area contributed by atoms with Gasteiger partial charge >= 0.3 is 0 Å². The number of hydrogen-bond donors (Lipinski definition) is 0. The number of benzene rings is 1. The van der Waals surface area contributed by atoms with Crippen molar-refractivity contribution in [2.45, 2.75) is 0 Å². The minimum absolute atomic E-state index is 0.464. The Kier molecular flexibility index (Phi) is 3.24. The Bertz CT molecular complexity index is 390. The molecule has 3 heteroatoms. The molecule has 0 heterocycles. The molecule has 0 saturated carbocycles. The highest BCUT2D eigenvalue weighted by molar-refractivity contribution is 6.30. The predicted octanol–water partition coefficient (Wildman–Crippen LogP) is 2.42. The molecule has 0 aliphatic heterocycles. The van der Waals surface area contributed by atoms with Crippen molar-refractivity contribution in [3.8, 4) is 6.07 Å². The van der Waals surface area contributed by atoms with E-state index < -0.39 is 0 Å². The summed E-state index contributed by atoms with van der Waals surface area (Å²) in [6, 6.07) is 6.92. The van der Waals surface area contributed by atoms with Crippen molar-refractivity contribution in [1.29, 1.82) is 5.26 Å². The highest BCUT2D eigenvalue weighted by atomic mass is 35.5. The van der Waals surface area contributed by atoms with E-state index in [1.165, 1.54) is 6.08 Å². The van der Waals surface area contributed by atoms with E-state index in [0.29, 0.717) is 22.4 Å². The molecule has 1 rings (SSSR count). The number of halogens is 1. The van der Waals surface area contributed by atoms with Crippen LogP contribution in [0.1, 0.15) is 11.1 Å². The zero-order chi connectivity index (χ0) is 9.68. The van der Waals surface area contributed by atoms with Gasteiger partial charge < -0.3 is 0 Å². The van der Waals surface area contributed by atoms with Gasteiger partial charge in [0.15, 0.2) is 0 Å². The van der Waals surface area contributed by atoms with Crippen LogP contribution in [0.3, 0.4) is 0 Å². The summed E-state index contributed by atoms with van der Waals surface area (Å²) in [6.45, 7) is 0. The van der Waals surface area contributed by atoms with E-state index in [1.807, 2.05) is 6.07 Å². The third-order valence-corrected chi connectivity index (χ3v) is 1.73. The Morgan fingerprint density at radius 1 is 1.46 bits per heavy atom. The fraction of sp³-hybridized carbons (Fsp3) is 0.